The highest BCUT2D eigenvalue weighted by molar-refractivity contribution is 7.12. The lowest BCUT2D eigenvalue weighted by molar-refractivity contribution is -0.898. The first-order valence-corrected chi connectivity index (χ1v) is 23.6. The number of likely N-dealkylation sites (tertiary alicyclic amines) is 2. The summed E-state index contributed by atoms with van der Waals surface area (Å²) in [5.74, 6) is 0.546. The van der Waals surface area contributed by atoms with Gasteiger partial charge in [-0.05, 0) is 70.1 Å². The van der Waals surface area contributed by atoms with Crippen molar-refractivity contribution in [3.05, 3.63) is 150 Å². The van der Waals surface area contributed by atoms with E-state index in [1.807, 2.05) is 106 Å². The van der Waals surface area contributed by atoms with Gasteiger partial charge in [-0.1, -0.05) is 60.7 Å². The Bertz CT molecular complexity index is 1990. The standard InChI is InChI=1S/2C23H26NO4S2.2BrH/c2*1-24(13-14-27-18-7-3-2-4-8-18)12-11-19(17-24)28-22(25)23(26,20-9-5-15-29-20)21-10-6-16-30-21;;/h2*2-10,15-16,19,26H,11-14,17H2,1H3;2*1H/q2*+1;;/p-2/t2*19-,24?;;/m10../s1. The minimum atomic E-state index is -1.75. The number of thiophene rings is 4. The molecule has 0 radical (unpaired) electrons. The van der Waals surface area contributed by atoms with E-state index in [9.17, 15) is 19.8 Å². The van der Waals surface area contributed by atoms with Crippen molar-refractivity contribution in [2.24, 2.45) is 0 Å². The minimum Gasteiger partial charge on any atom is -1.00 e. The van der Waals surface area contributed by atoms with Crippen LogP contribution in [0.1, 0.15) is 32.4 Å². The molecule has 0 amide bonds. The number of likely N-dealkylation sites (N-methyl/N-ethyl adjacent to an activating group) is 2. The molecule has 0 bridgehead atoms. The molecule has 2 N–H and O–H groups in total. The first-order chi connectivity index (χ1) is 29.0. The van der Waals surface area contributed by atoms with Crippen LogP contribution in [0.25, 0.3) is 0 Å². The molecule has 6 heterocycles. The van der Waals surface area contributed by atoms with Crippen molar-refractivity contribution in [2.45, 2.75) is 36.3 Å². The third-order valence-electron chi connectivity index (χ3n) is 11.2. The summed E-state index contributed by atoms with van der Waals surface area (Å²) < 4.78 is 24.9. The highest BCUT2D eigenvalue weighted by Gasteiger charge is 2.48. The molecule has 2 aliphatic rings. The van der Waals surface area contributed by atoms with Crippen molar-refractivity contribution in [1.29, 1.82) is 0 Å². The van der Waals surface area contributed by atoms with Crippen molar-refractivity contribution in [2.75, 3.05) is 66.6 Å². The van der Waals surface area contributed by atoms with Crippen LogP contribution in [0.4, 0.5) is 0 Å². The lowest BCUT2D eigenvalue weighted by Crippen LogP contribution is -3.00. The van der Waals surface area contributed by atoms with Gasteiger partial charge in [-0.25, -0.2) is 9.59 Å². The van der Waals surface area contributed by atoms with Crippen LogP contribution >= 0.6 is 45.3 Å². The van der Waals surface area contributed by atoms with Crippen molar-refractivity contribution >= 4 is 57.3 Å². The van der Waals surface area contributed by atoms with E-state index in [0.717, 1.165) is 72.6 Å². The molecule has 2 saturated heterocycles. The quantitative estimate of drug-likeness (QED) is 0.112. The second-order valence-corrected chi connectivity index (χ2v) is 19.6. The largest absolute Gasteiger partial charge is 1.00 e. The number of quaternary nitrogens is 2. The molecule has 0 aliphatic carbocycles. The fourth-order valence-corrected chi connectivity index (χ4v) is 11.1. The monoisotopic (exact) mass is 1050 g/mol. The number of carbonyl (C=O) groups is 2. The van der Waals surface area contributed by atoms with Crippen molar-refractivity contribution < 1.29 is 81.7 Å². The summed E-state index contributed by atoms with van der Waals surface area (Å²) in [7, 11) is 4.32. The van der Waals surface area contributed by atoms with Gasteiger partial charge in [0.25, 0.3) is 0 Å². The van der Waals surface area contributed by atoms with Crippen LogP contribution < -0.4 is 43.4 Å². The SMILES string of the molecule is C[N+]1(CCOc2ccccc2)CC[C@@H](OC(=O)C(O)(c2cccs2)c2cccs2)C1.C[N+]1(CCOc2ccccc2)CC[C@H](OC(=O)C(O)(c2cccs2)c2cccs2)C1.[Br-].[Br-]. The minimum absolute atomic E-state index is 0. The van der Waals surface area contributed by atoms with Crippen molar-refractivity contribution in [1.82, 2.24) is 0 Å². The van der Waals surface area contributed by atoms with Crippen LogP contribution in [-0.4, -0.2) is 110 Å². The Morgan fingerprint density at radius 2 is 0.871 bits per heavy atom. The number of para-hydroxylation sites is 2. The predicted molar refractivity (Wildman–Crippen MR) is 238 cm³/mol. The summed E-state index contributed by atoms with van der Waals surface area (Å²) >= 11 is 5.43. The summed E-state index contributed by atoms with van der Waals surface area (Å²) in [4.78, 5) is 28.6. The molecule has 4 aromatic heterocycles. The maximum absolute atomic E-state index is 13.1. The zero-order chi connectivity index (χ0) is 42.1. The number of nitrogens with zero attached hydrogens (tertiary/aromatic N) is 2. The van der Waals surface area contributed by atoms with E-state index in [1.54, 1.807) is 24.3 Å². The van der Waals surface area contributed by atoms with E-state index in [-0.39, 0.29) is 46.2 Å². The lowest BCUT2D eigenvalue weighted by Gasteiger charge is -2.30. The van der Waals surface area contributed by atoms with Gasteiger partial charge in [-0.15, -0.1) is 45.3 Å². The molecule has 0 spiro atoms. The van der Waals surface area contributed by atoms with Gasteiger partial charge >= 0.3 is 11.9 Å². The van der Waals surface area contributed by atoms with E-state index >= 15 is 0 Å². The van der Waals surface area contributed by atoms with Crippen LogP contribution in [0.3, 0.4) is 0 Å². The zero-order valence-corrected chi connectivity index (χ0v) is 41.0. The number of carbonyl (C=O) groups excluding carboxylic acids is 2. The number of esters is 2. The summed E-state index contributed by atoms with van der Waals surface area (Å²) in [5, 5.41) is 30.2. The summed E-state index contributed by atoms with van der Waals surface area (Å²) in [5.41, 5.74) is -3.49. The third kappa shape index (κ3) is 12.0. The Labute approximate surface area is 400 Å². The van der Waals surface area contributed by atoms with Crippen molar-refractivity contribution in [3.8, 4) is 11.5 Å². The maximum atomic E-state index is 13.1. The van der Waals surface area contributed by atoms with Crippen LogP contribution in [0.15, 0.2) is 131 Å². The van der Waals surface area contributed by atoms with E-state index in [0.29, 0.717) is 32.7 Å². The summed E-state index contributed by atoms with van der Waals surface area (Å²) in [6, 6.07) is 34.0. The molecule has 8 rings (SSSR count). The van der Waals surface area contributed by atoms with Crippen LogP contribution in [0.5, 0.6) is 11.5 Å². The number of hydrogen-bond acceptors (Lipinski definition) is 12. The highest BCUT2D eigenvalue weighted by Crippen LogP contribution is 2.39. The average Bonchev–Trinajstić information content (AvgIpc) is 4.11. The molecule has 4 atom stereocenters. The molecular weight excluding hydrogens is 997 g/mol. The maximum Gasteiger partial charge on any atom is 0.349 e. The van der Waals surface area contributed by atoms with Gasteiger partial charge < -0.3 is 72.1 Å². The molecule has 2 aromatic carbocycles. The number of hydrogen-bond donors (Lipinski definition) is 2. The van der Waals surface area contributed by atoms with Gasteiger partial charge in [0.15, 0.2) is 12.2 Å². The smallest absolute Gasteiger partial charge is 0.349 e. The molecule has 6 aromatic rings. The first kappa shape index (κ1) is 49.6. The fraction of sp³-hybridized carbons (Fsp3) is 0.348. The Balaban J connectivity index is 0.000000227. The molecular formula is C46H52Br2N2O8S4. The Morgan fingerprint density at radius 1 is 0.548 bits per heavy atom. The lowest BCUT2D eigenvalue weighted by atomic mass is 10.00. The zero-order valence-electron chi connectivity index (χ0n) is 34.6. The molecule has 10 nitrogen and oxygen atoms in total. The van der Waals surface area contributed by atoms with Gasteiger partial charge in [0.05, 0.1) is 46.7 Å². The summed E-state index contributed by atoms with van der Waals surface area (Å²) in [6.07, 6.45) is 1.12. The average molecular weight is 1050 g/mol. The second-order valence-electron chi connectivity index (χ2n) is 15.8. The number of halogens is 2. The molecule has 62 heavy (non-hydrogen) atoms. The van der Waals surface area contributed by atoms with Crippen molar-refractivity contribution in [3.63, 3.8) is 0 Å². The topological polar surface area (TPSA) is 112 Å². The first-order valence-electron chi connectivity index (χ1n) is 20.0. The predicted octanol–water partition coefficient (Wildman–Crippen LogP) is 1.78. The number of aliphatic hydroxyl groups is 2. The van der Waals surface area contributed by atoms with Crippen LogP contribution in [0, 0.1) is 0 Å². The number of ether oxygens (including phenoxy) is 4. The van der Waals surface area contributed by atoms with E-state index in [4.69, 9.17) is 18.9 Å². The fourth-order valence-electron chi connectivity index (χ4n) is 7.72. The van der Waals surface area contributed by atoms with E-state index in [2.05, 4.69) is 14.1 Å². The summed E-state index contributed by atoms with van der Waals surface area (Å²) in [6.45, 7) is 6.14. The Morgan fingerprint density at radius 3 is 1.16 bits per heavy atom. The Kier molecular flexibility index (Phi) is 18.0. The van der Waals surface area contributed by atoms with Crippen LogP contribution in [0.2, 0.25) is 0 Å². The van der Waals surface area contributed by atoms with Gasteiger partial charge in [0.2, 0.25) is 11.2 Å². The second kappa shape index (κ2) is 22.5. The molecule has 2 aliphatic heterocycles. The normalized spacial score (nSPS) is 20.8. The van der Waals surface area contributed by atoms with Crippen LogP contribution in [-0.2, 0) is 30.3 Å². The molecule has 2 fully saturated rings. The van der Waals surface area contributed by atoms with Gasteiger partial charge in [-0.2, -0.15) is 0 Å². The van der Waals surface area contributed by atoms with E-state index < -0.39 is 23.1 Å². The highest BCUT2D eigenvalue weighted by atomic mass is 79.9. The Hall–Kier alpha value is -3.42. The third-order valence-corrected chi connectivity index (χ3v) is 15.1. The van der Waals surface area contributed by atoms with Gasteiger partial charge in [0.1, 0.15) is 50.9 Å². The van der Waals surface area contributed by atoms with E-state index in [1.165, 1.54) is 45.3 Å². The van der Waals surface area contributed by atoms with Gasteiger partial charge in [0, 0.05) is 12.8 Å². The van der Waals surface area contributed by atoms with Gasteiger partial charge in [-0.3, -0.25) is 0 Å². The number of benzene rings is 2. The molecule has 332 valence electrons. The molecule has 16 heteroatoms. The molecule has 0 saturated carbocycles. The number of rotatable bonds is 16. The molecule has 2 unspecified atom stereocenters.